The fourth-order valence-electron chi connectivity index (χ4n) is 2.60. The molecular weight excluding hydrogens is 374 g/mol. The predicted octanol–water partition coefficient (Wildman–Crippen LogP) is 2.57. The summed E-state index contributed by atoms with van der Waals surface area (Å²) >= 11 is 0. The average molecular weight is 395 g/mol. The highest BCUT2D eigenvalue weighted by molar-refractivity contribution is 5.92. The summed E-state index contributed by atoms with van der Waals surface area (Å²) in [7, 11) is 4.62. The molecule has 0 saturated heterocycles. The molecule has 0 aliphatic carbocycles. The van der Waals surface area contributed by atoms with E-state index in [0.717, 1.165) is 5.56 Å². The van der Waals surface area contributed by atoms with Crippen molar-refractivity contribution in [1.29, 1.82) is 0 Å². The van der Waals surface area contributed by atoms with Crippen molar-refractivity contribution < 1.29 is 19.0 Å². The summed E-state index contributed by atoms with van der Waals surface area (Å²) in [5, 5.41) is 13.9. The topological polar surface area (TPSA) is 107 Å². The molecule has 0 bridgehead atoms. The number of rotatable bonds is 8. The number of pyridine rings is 1. The summed E-state index contributed by atoms with van der Waals surface area (Å²) in [6.07, 6.45) is 3.37. The molecular formula is C20H21N5O4. The Bertz CT molecular complexity index is 939. The largest absolute Gasteiger partial charge is 0.493 e. The van der Waals surface area contributed by atoms with Crippen molar-refractivity contribution in [3.05, 3.63) is 60.0 Å². The smallest absolute Gasteiger partial charge is 0.272 e. The Labute approximate surface area is 168 Å². The number of amides is 1. The second kappa shape index (κ2) is 9.36. The molecule has 3 aromatic rings. The lowest BCUT2D eigenvalue weighted by Crippen LogP contribution is -2.24. The van der Waals surface area contributed by atoms with Gasteiger partial charge in [0, 0.05) is 36.8 Å². The van der Waals surface area contributed by atoms with Crippen molar-refractivity contribution in [3.63, 3.8) is 0 Å². The summed E-state index contributed by atoms with van der Waals surface area (Å²) in [5.41, 5.74) is 1.78. The number of carbonyl (C=O) groups is 1. The van der Waals surface area contributed by atoms with Gasteiger partial charge >= 0.3 is 0 Å². The maximum absolute atomic E-state index is 12.2. The van der Waals surface area contributed by atoms with E-state index in [4.69, 9.17) is 14.2 Å². The minimum Gasteiger partial charge on any atom is -0.493 e. The van der Waals surface area contributed by atoms with Crippen LogP contribution in [0.3, 0.4) is 0 Å². The van der Waals surface area contributed by atoms with E-state index >= 15 is 0 Å². The second-order valence-corrected chi connectivity index (χ2v) is 5.89. The molecule has 0 atom stereocenters. The first-order valence-electron chi connectivity index (χ1n) is 8.72. The van der Waals surface area contributed by atoms with Crippen LogP contribution >= 0.6 is 0 Å². The minimum atomic E-state index is -0.319. The van der Waals surface area contributed by atoms with E-state index in [0.29, 0.717) is 35.3 Å². The standard InChI is InChI=1S/C20H21N5O4/c1-27-16-9-14(10-17(28-2)19(16)29-3)23-18-7-6-15(24-25-18)20(26)22-12-13-5-4-8-21-11-13/h4-11H,12H2,1-3H3,(H,22,26)(H,23,25). The first-order valence-corrected chi connectivity index (χ1v) is 8.72. The molecule has 0 saturated carbocycles. The molecule has 0 aliphatic rings. The van der Waals surface area contributed by atoms with Crippen molar-refractivity contribution in [2.45, 2.75) is 6.54 Å². The lowest BCUT2D eigenvalue weighted by Gasteiger charge is -2.14. The maximum Gasteiger partial charge on any atom is 0.272 e. The second-order valence-electron chi connectivity index (χ2n) is 5.89. The Morgan fingerprint density at radius 3 is 2.31 bits per heavy atom. The summed E-state index contributed by atoms with van der Waals surface area (Å²) in [6.45, 7) is 0.361. The highest BCUT2D eigenvalue weighted by atomic mass is 16.5. The van der Waals surface area contributed by atoms with Gasteiger partial charge in [0.2, 0.25) is 5.75 Å². The highest BCUT2D eigenvalue weighted by Gasteiger charge is 2.14. The molecule has 2 heterocycles. The molecule has 2 N–H and O–H groups in total. The SMILES string of the molecule is COc1cc(Nc2ccc(C(=O)NCc3cccnc3)nn2)cc(OC)c1OC. The van der Waals surface area contributed by atoms with Gasteiger partial charge in [-0.15, -0.1) is 10.2 Å². The van der Waals surface area contributed by atoms with Crippen LogP contribution in [-0.4, -0.2) is 42.4 Å². The predicted molar refractivity (Wildman–Crippen MR) is 107 cm³/mol. The highest BCUT2D eigenvalue weighted by Crippen LogP contribution is 2.40. The Hall–Kier alpha value is -3.88. The van der Waals surface area contributed by atoms with Gasteiger partial charge in [0.15, 0.2) is 23.0 Å². The Kier molecular flexibility index (Phi) is 6.41. The molecule has 29 heavy (non-hydrogen) atoms. The van der Waals surface area contributed by atoms with Crippen LogP contribution in [0.4, 0.5) is 11.5 Å². The van der Waals surface area contributed by atoms with Crippen molar-refractivity contribution in [1.82, 2.24) is 20.5 Å². The Balaban J connectivity index is 1.68. The third-order valence-electron chi connectivity index (χ3n) is 4.01. The third kappa shape index (κ3) is 4.89. The van der Waals surface area contributed by atoms with E-state index in [9.17, 15) is 4.79 Å². The quantitative estimate of drug-likeness (QED) is 0.599. The van der Waals surface area contributed by atoms with Gasteiger partial charge in [-0.25, -0.2) is 0 Å². The number of nitrogens with one attached hydrogen (secondary N) is 2. The minimum absolute atomic E-state index is 0.212. The van der Waals surface area contributed by atoms with Crippen LogP contribution in [0.2, 0.25) is 0 Å². The number of benzene rings is 1. The molecule has 0 unspecified atom stereocenters. The zero-order valence-corrected chi connectivity index (χ0v) is 16.3. The lowest BCUT2D eigenvalue weighted by molar-refractivity contribution is 0.0945. The lowest BCUT2D eigenvalue weighted by atomic mass is 10.2. The van der Waals surface area contributed by atoms with Crippen molar-refractivity contribution in [2.75, 3.05) is 26.6 Å². The molecule has 3 rings (SSSR count). The van der Waals surface area contributed by atoms with Gasteiger partial charge in [-0.2, -0.15) is 0 Å². The van der Waals surface area contributed by atoms with Gasteiger partial charge in [-0.05, 0) is 23.8 Å². The number of hydrogen-bond acceptors (Lipinski definition) is 8. The average Bonchev–Trinajstić information content (AvgIpc) is 2.77. The number of carbonyl (C=O) groups excluding carboxylic acids is 1. The van der Waals surface area contributed by atoms with Gasteiger partial charge in [0.1, 0.15) is 0 Å². The van der Waals surface area contributed by atoms with E-state index in [1.807, 2.05) is 12.1 Å². The molecule has 0 fully saturated rings. The molecule has 1 amide bonds. The van der Waals surface area contributed by atoms with Gasteiger partial charge in [-0.3, -0.25) is 9.78 Å². The number of aromatic nitrogens is 3. The van der Waals surface area contributed by atoms with Crippen molar-refractivity contribution >= 4 is 17.4 Å². The molecule has 0 radical (unpaired) electrons. The molecule has 1 aromatic carbocycles. The number of anilines is 2. The Morgan fingerprint density at radius 2 is 1.76 bits per heavy atom. The number of ether oxygens (including phenoxy) is 3. The maximum atomic E-state index is 12.2. The van der Waals surface area contributed by atoms with Gasteiger partial charge in [-0.1, -0.05) is 6.07 Å². The van der Waals surface area contributed by atoms with Crippen LogP contribution in [0.15, 0.2) is 48.8 Å². The summed E-state index contributed by atoms with van der Waals surface area (Å²) < 4.78 is 16.0. The number of nitrogens with zero attached hydrogens (tertiary/aromatic N) is 3. The molecule has 9 heteroatoms. The van der Waals surface area contributed by atoms with E-state index in [-0.39, 0.29) is 11.6 Å². The first-order chi connectivity index (χ1) is 14.1. The molecule has 9 nitrogen and oxygen atoms in total. The number of hydrogen-bond donors (Lipinski definition) is 2. The van der Waals surface area contributed by atoms with E-state index in [2.05, 4.69) is 25.8 Å². The van der Waals surface area contributed by atoms with E-state index in [1.54, 1.807) is 50.9 Å². The monoisotopic (exact) mass is 395 g/mol. The van der Waals surface area contributed by atoms with Crippen LogP contribution in [0.5, 0.6) is 17.2 Å². The van der Waals surface area contributed by atoms with Crippen LogP contribution in [-0.2, 0) is 6.54 Å². The van der Waals surface area contributed by atoms with Crippen LogP contribution < -0.4 is 24.8 Å². The van der Waals surface area contributed by atoms with Gasteiger partial charge in [0.05, 0.1) is 21.3 Å². The van der Waals surface area contributed by atoms with Gasteiger partial charge < -0.3 is 24.8 Å². The molecule has 0 aliphatic heterocycles. The first kappa shape index (κ1) is 19.9. The number of methoxy groups -OCH3 is 3. The normalized spacial score (nSPS) is 10.2. The van der Waals surface area contributed by atoms with E-state index < -0.39 is 0 Å². The summed E-state index contributed by atoms with van der Waals surface area (Å²) in [6, 6.07) is 10.4. The fraction of sp³-hybridized carbons (Fsp3) is 0.200. The molecule has 150 valence electrons. The molecule has 2 aromatic heterocycles. The van der Waals surface area contributed by atoms with Crippen LogP contribution in [0.25, 0.3) is 0 Å². The fourth-order valence-corrected chi connectivity index (χ4v) is 2.60. The van der Waals surface area contributed by atoms with Gasteiger partial charge in [0.25, 0.3) is 5.91 Å². The van der Waals surface area contributed by atoms with Crippen molar-refractivity contribution in [3.8, 4) is 17.2 Å². The van der Waals surface area contributed by atoms with E-state index in [1.165, 1.54) is 7.11 Å². The Morgan fingerprint density at radius 1 is 1.00 bits per heavy atom. The zero-order valence-electron chi connectivity index (χ0n) is 16.3. The van der Waals surface area contributed by atoms with Crippen LogP contribution in [0, 0.1) is 0 Å². The molecule has 0 spiro atoms. The zero-order chi connectivity index (χ0) is 20.6. The summed E-state index contributed by atoms with van der Waals surface area (Å²) in [4.78, 5) is 16.2. The third-order valence-corrected chi connectivity index (χ3v) is 4.01. The van der Waals surface area contributed by atoms with Crippen molar-refractivity contribution in [2.24, 2.45) is 0 Å². The summed E-state index contributed by atoms with van der Waals surface area (Å²) in [5.74, 6) is 1.65. The van der Waals surface area contributed by atoms with Crippen LogP contribution in [0.1, 0.15) is 16.1 Å².